The van der Waals surface area contributed by atoms with Crippen LogP contribution in [0.25, 0.3) is 0 Å². The number of hydrogen-bond acceptors (Lipinski definition) is 13. The van der Waals surface area contributed by atoms with Crippen molar-refractivity contribution >= 4 is 5.91 Å². The van der Waals surface area contributed by atoms with Gasteiger partial charge in [-0.1, -0.05) is 173 Å². The second-order valence-electron chi connectivity index (χ2n) is 18.7. The number of hydrogen-bond donors (Lipinski definition) is 9. The van der Waals surface area contributed by atoms with Crippen LogP contribution in [0.5, 0.6) is 0 Å². The molecule has 2 heterocycles. The number of aliphatic hydroxyl groups is 8. The van der Waals surface area contributed by atoms with Crippen LogP contribution in [0.3, 0.4) is 0 Å². The third-order valence-corrected chi connectivity index (χ3v) is 12.9. The molecule has 0 radical (unpaired) electrons. The van der Waals surface area contributed by atoms with Crippen molar-refractivity contribution in [2.24, 2.45) is 0 Å². The molecule has 0 aliphatic carbocycles. The van der Waals surface area contributed by atoms with Gasteiger partial charge in [0.15, 0.2) is 12.6 Å². The Morgan fingerprint density at radius 1 is 0.554 bits per heavy atom. The van der Waals surface area contributed by atoms with Crippen molar-refractivity contribution in [3.8, 4) is 0 Å². The van der Waals surface area contributed by atoms with Gasteiger partial charge < -0.3 is 65.1 Å². The first kappa shape index (κ1) is 59.6. The van der Waals surface area contributed by atoms with Crippen molar-refractivity contribution in [3.05, 3.63) is 24.3 Å². The maximum absolute atomic E-state index is 13.2. The maximum atomic E-state index is 13.2. The molecule has 14 nitrogen and oxygen atoms in total. The topological polar surface area (TPSA) is 228 Å². The van der Waals surface area contributed by atoms with Crippen LogP contribution in [0.2, 0.25) is 0 Å². The molecule has 12 unspecified atom stereocenters. The summed E-state index contributed by atoms with van der Waals surface area (Å²) in [6.07, 6.45) is 24.7. The van der Waals surface area contributed by atoms with E-state index in [1.165, 1.54) is 109 Å². The molecule has 0 aromatic heterocycles. The first-order valence-corrected chi connectivity index (χ1v) is 26.1. The number of amides is 1. The van der Waals surface area contributed by atoms with E-state index < -0.39 is 86.8 Å². The summed E-state index contributed by atoms with van der Waals surface area (Å²) >= 11 is 0. The molecule has 2 fully saturated rings. The Labute approximate surface area is 392 Å². The quantitative estimate of drug-likeness (QED) is 0.0225. The summed E-state index contributed by atoms with van der Waals surface area (Å²) in [4.78, 5) is 13.2. The molecule has 2 rings (SSSR count). The van der Waals surface area contributed by atoms with Crippen LogP contribution in [-0.4, -0.2) is 140 Å². The lowest BCUT2D eigenvalue weighted by Gasteiger charge is -2.46. The lowest BCUT2D eigenvalue weighted by molar-refractivity contribution is -0.359. The number of aliphatic hydroxyl groups excluding tert-OH is 8. The van der Waals surface area contributed by atoms with E-state index in [9.17, 15) is 45.6 Å². The van der Waals surface area contributed by atoms with Gasteiger partial charge in [-0.25, -0.2) is 0 Å². The third-order valence-electron chi connectivity index (χ3n) is 12.9. The zero-order chi connectivity index (χ0) is 47.5. The number of unbranched alkanes of at least 4 members (excludes halogenated alkanes) is 23. The van der Waals surface area contributed by atoms with Crippen LogP contribution in [0, 0.1) is 0 Å². The van der Waals surface area contributed by atoms with E-state index in [0.29, 0.717) is 12.8 Å². The highest BCUT2D eigenvalue weighted by Gasteiger charge is 2.51. The summed E-state index contributed by atoms with van der Waals surface area (Å²) in [7, 11) is 0. The standard InChI is InChI=1S/C51H95NO13/c1-3-5-7-9-11-13-15-16-17-18-19-20-21-22-23-24-25-27-29-31-33-35-43(56)52-39(40(55)34-32-30-28-26-14-12-10-8-6-4-2)38-62-50-48(61)46(59)49(42(37-54)64-50)65-51-47(60)45(58)44(57)41(36-53)63-51/h15-16,18-19,39-42,44-51,53-55,57-61H,3-14,17,20-38H2,1-2H3,(H,52,56)/b16-15-,19-18-. The van der Waals surface area contributed by atoms with E-state index in [1.54, 1.807) is 0 Å². The summed E-state index contributed by atoms with van der Waals surface area (Å²) < 4.78 is 22.7. The van der Waals surface area contributed by atoms with Crippen molar-refractivity contribution < 1.29 is 64.6 Å². The number of allylic oxidation sites excluding steroid dienone is 4. The van der Waals surface area contributed by atoms with E-state index in [-0.39, 0.29) is 12.5 Å². The minimum absolute atomic E-state index is 0.213. The van der Waals surface area contributed by atoms with E-state index in [1.807, 2.05) is 0 Å². The monoisotopic (exact) mass is 930 g/mol. The molecule has 65 heavy (non-hydrogen) atoms. The zero-order valence-corrected chi connectivity index (χ0v) is 40.5. The van der Waals surface area contributed by atoms with E-state index in [4.69, 9.17) is 18.9 Å². The van der Waals surface area contributed by atoms with Gasteiger partial charge >= 0.3 is 0 Å². The van der Waals surface area contributed by atoms with Gasteiger partial charge in [0.05, 0.1) is 32.0 Å². The molecule has 9 N–H and O–H groups in total. The van der Waals surface area contributed by atoms with Crippen LogP contribution in [0.4, 0.5) is 0 Å². The Kier molecular flexibility index (Phi) is 35.1. The summed E-state index contributed by atoms with van der Waals surface area (Å²) in [5.74, 6) is -0.213. The molecule has 12 atom stereocenters. The molecular formula is C51H95NO13. The van der Waals surface area contributed by atoms with Gasteiger partial charge in [-0.15, -0.1) is 0 Å². The molecule has 0 bridgehead atoms. The van der Waals surface area contributed by atoms with Gasteiger partial charge in [0, 0.05) is 6.42 Å². The van der Waals surface area contributed by atoms with E-state index in [0.717, 1.165) is 64.2 Å². The van der Waals surface area contributed by atoms with Gasteiger partial charge in [0.1, 0.15) is 48.8 Å². The minimum atomic E-state index is -1.78. The van der Waals surface area contributed by atoms with Gasteiger partial charge in [0.25, 0.3) is 0 Å². The summed E-state index contributed by atoms with van der Waals surface area (Å²) in [6.45, 7) is 2.81. The van der Waals surface area contributed by atoms with Crippen molar-refractivity contribution in [2.45, 2.75) is 274 Å². The average Bonchev–Trinajstić information content (AvgIpc) is 3.30. The van der Waals surface area contributed by atoms with Gasteiger partial charge in [-0.2, -0.15) is 0 Å². The van der Waals surface area contributed by atoms with E-state index in [2.05, 4.69) is 43.5 Å². The van der Waals surface area contributed by atoms with Crippen LogP contribution in [0.15, 0.2) is 24.3 Å². The average molecular weight is 930 g/mol. The lowest BCUT2D eigenvalue weighted by atomic mass is 9.97. The van der Waals surface area contributed by atoms with Crippen molar-refractivity contribution in [2.75, 3.05) is 19.8 Å². The summed E-state index contributed by atoms with van der Waals surface area (Å²) in [6, 6.07) is -0.827. The predicted octanol–water partition coefficient (Wildman–Crippen LogP) is 6.94. The minimum Gasteiger partial charge on any atom is -0.394 e. The Morgan fingerprint density at radius 2 is 1.02 bits per heavy atom. The molecule has 2 aliphatic heterocycles. The fourth-order valence-corrected chi connectivity index (χ4v) is 8.62. The second-order valence-corrected chi connectivity index (χ2v) is 18.7. The Hall–Kier alpha value is -1.53. The highest BCUT2D eigenvalue weighted by molar-refractivity contribution is 5.76. The molecule has 2 aliphatic rings. The van der Waals surface area contributed by atoms with E-state index >= 15 is 0 Å². The zero-order valence-electron chi connectivity index (χ0n) is 40.5. The molecular weight excluding hydrogens is 835 g/mol. The maximum Gasteiger partial charge on any atom is 0.220 e. The first-order valence-electron chi connectivity index (χ1n) is 26.1. The Balaban J connectivity index is 1.77. The molecule has 382 valence electrons. The van der Waals surface area contributed by atoms with Crippen LogP contribution in [-0.2, 0) is 23.7 Å². The normalized spacial score (nSPS) is 27.2. The smallest absolute Gasteiger partial charge is 0.220 e. The molecule has 1 amide bonds. The Morgan fingerprint density at radius 3 is 1.54 bits per heavy atom. The fourth-order valence-electron chi connectivity index (χ4n) is 8.62. The number of carbonyl (C=O) groups is 1. The highest BCUT2D eigenvalue weighted by atomic mass is 16.7. The SMILES string of the molecule is CCCCCCC/C=C\C/C=C\CCCCCCCCCCCC(=O)NC(COC1OC(CO)C(OC2OC(CO)C(O)C(O)C2O)C(O)C1O)C(O)CCCCCCCCCCCC. The molecule has 14 heteroatoms. The first-order chi connectivity index (χ1) is 31.6. The fraction of sp³-hybridized carbons (Fsp3) is 0.902. The molecule has 0 aromatic rings. The molecule has 0 spiro atoms. The van der Waals surface area contributed by atoms with Crippen molar-refractivity contribution in [1.82, 2.24) is 5.32 Å². The number of ether oxygens (including phenoxy) is 4. The molecule has 0 aromatic carbocycles. The summed E-state index contributed by atoms with van der Waals surface area (Å²) in [5.41, 5.74) is 0. The molecule has 2 saturated heterocycles. The third kappa shape index (κ3) is 25.6. The highest BCUT2D eigenvalue weighted by Crippen LogP contribution is 2.30. The van der Waals surface area contributed by atoms with Crippen LogP contribution in [0.1, 0.15) is 200 Å². The van der Waals surface area contributed by atoms with Crippen molar-refractivity contribution in [3.63, 3.8) is 0 Å². The lowest BCUT2D eigenvalue weighted by Crippen LogP contribution is -2.65. The summed E-state index contributed by atoms with van der Waals surface area (Å²) in [5, 5.41) is 86.8. The number of rotatable bonds is 40. The Bertz CT molecular complexity index is 1190. The van der Waals surface area contributed by atoms with Gasteiger partial charge in [0.2, 0.25) is 5.91 Å². The predicted molar refractivity (Wildman–Crippen MR) is 254 cm³/mol. The second kappa shape index (κ2) is 38.3. The van der Waals surface area contributed by atoms with Gasteiger partial charge in [-0.05, 0) is 44.9 Å². The van der Waals surface area contributed by atoms with Crippen LogP contribution >= 0.6 is 0 Å². The van der Waals surface area contributed by atoms with Crippen molar-refractivity contribution in [1.29, 1.82) is 0 Å². The van der Waals surface area contributed by atoms with Gasteiger partial charge in [-0.3, -0.25) is 4.79 Å². The molecule has 0 saturated carbocycles. The van der Waals surface area contributed by atoms with Crippen LogP contribution < -0.4 is 5.32 Å². The largest absolute Gasteiger partial charge is 0.394 e. The number of carbonyl (C=O) groups excluding carboxylic acids is 1. The number of nitrogens with one attached hydrogen (secondary N) is 1.